The minimum atomic E-state index is -0.427. The van der Waals surface area contributed by atoms with Crippen LogP contribution in [-0.4, -0.2) is 30.0 Å². The monoisotopic (exact) mass is 410 g/mol. The van der Waals surface area contributed by atoms with E-state index >= 15 is 0 Å². The molecule has 30 heavy (non-hydrogen) atoms. The van der Waals surface area contributed by atoms with Crippen LogP contribution in [0.2, 0.25) is 0 Å². The Labute approximate surface area is 178 Å². The first-order valence-electron chi connectivity index (χ1n) is 11.1. The smallest absolute Gasteiger partial charge is 0.217 e. The molecule has 2 aromatic rings. The summed E-state index contributed by atoms with van der Waals surface area (Å²) in [5.41, 5.74) is 1.80. The van der Waals surface area contributed by atoms with Gasteiger partial charge in [-0.3, -0.25) is 9.69 Å². The van der Waals surface area contributed by atoms with Crippen LogP contribution in [0.4, 0.5) is 4.39 Å². The highest BCUT2D eigenvalue weighted by molar-refractivity contribution is 5.74. The molecule has 0 bridgehead atoms. The lowest BCUT2D eigenvalue weighted by Crippen LogP contribution is -2.52. The number of hydrogen-bond acceptors (Lipinski definition) is 3. The molecule has 2 aromatic carbocycles. The molecule has 0 unspecified atom stereocenters. The second kappa shape index (κ2) is 9.17. The van der Waals surface area contributed by atoms with Gasteiger partial charge in [0.05, 0.1) is 11.6 Å². The van der Waals surface area contributed by atoms with Crippen molar-refractivity contribution in [1.29, 1.82) is 0 Å². The van der Waals surface area contributed by atoms with E-state index in [2.05, 4.69) is 28.4 Å². The van der Waals surface area contributed by atoms with Crippen molar-refractivity contribution in [3.05, 3.63) is 65.5 Å². The molecule has 1 N–H and O–H groups in total. The van der Waals surface area contributed by atoms with E-state index in [-0.39, 0.29) is 11.7 Å². The normalized spacial score (nSPS) is 19.5. The fourth-order valence-corrected chi connectivity index (χ4v) is 4.86. The van der Waals surface area contributed by atoms with E-state index in [1.165, 1.54) is 30.5 Å². The summed E-state index contributed by atoms with van der Waals surface area (Å²) < 4.78 is 19.6. The average molecular weight is 411 g/mol. The highest BCUT2D eigenvalue weighted by Gasteiger charge is 2.37. The Morgan fingerprint density at radius 3 is 2.50 bits per heavy atom. The Bertz CT molecular complexity index is 854. The molecule has 2 fully saturated rings. The molecule has 1 amide bonds. The molecule has 1 aliphatic carbocycles. The highest BCUT2D eigenvalue weighted by Crippen LogP contribution is 2.34. The van der Waals surface area contributed by atoms with Crippen molar-refractivity contribution in [2.24, 2.45) is 0 Å². The second-order valence-corrected chi connectivity index (χ2v) is 8.72. The van der Waals surface area contributed by atoms with Crippen LogP contribution in [-0.2, 0) is 16.9 Å². The predicted octanol–water partition coefficient (Wildman–Crippen LogP) is 4.77. The summed E-state index contributed by atoms with van der Waals surface area (Å²) in [5.74, 6) is 0.661. The van der Waals surface area contributed by atoms with Gasteiger partial charge in [0.15, 0.2) is 0 Å². The molecule has 5 heteroatoms. The Kier molecular flexibility index (Phi) is 6.38. The van der Waals surface area contributed by atoms with Crippen LogP contribution < -0.4 is 10.1 Å². The van der Waals surface area contributed by atoms with Crippen LogP contribution in [0.5, 0.6) is 5.75 Å². The van der Waals surface area contributed by atoms with Gasteiger partial charge >= 0.3 is 0 Å². The number of amides is 1. The second-order valence-electron chi connectivity index (χ2n) is 8.72. The van der Waals surface area contributed by atoms with Crippen LogP contribution in [0.3, 0.4) is 0 Å². The molecular formula is C25H31FN2O2. The van der Waals surface area contributed by atoms with Gasteiger partial charge in [-0.2, -0.15) is 0 Å². The van der Waals surface area contributed by atoms with Gasteiger partial charge < -0.3 is 10.1 Å². The van der Waals surface area contributed by atoms with Gasteiger partial charge in [0.2, 0.25) is 5.91 Å². The maximum atomic E-state index is 13.4. The molecule has 2 aliphatic rings. The number of hydrogen-bond donors (Lipinski definition) is 1. The third-order valence-corrected chi connectivity index (χ3v) is 6.43. The van der Waals surface area contributed by atoms with Gasteiger partial charge in [-0.15, -0.1) is 0 Å². The summed E-state index contributed by atoms with van der Waals surface area (Å²) in [6, 6.07) is 15.0. The SMILES string of the molecule is CC(=O)NC1(c2ccc(F)cc2)CCN(Cc2cccc(OC3CCCC3)c2)CC1. The molecule has 0 radical (unpaired) electrons. The van der Waals surface area contributed by atoms with E-state index in [4.69, 9.17) is 4.74 Å². The third kappa shape index (κ3) is 5.01. The number of ether oxygens (including phenoxy) is 1. The molecule has 4 nitrogen and oxygen atoms in total. The minimum absolute atomic E-state index is 0.0514. The molecule has 1 aliphatic heterocycles. The number of carbonyl (C=O) groups is 1. The van der Waals surface area contributed by atoms with Crippen molar-refractivity contribution >= 4 is 5.91 Å². The fourth-order valence-electron chi connectivity index (χ4n) is 4.86. The van der Waals surface area contributed by atoms with Crippen molar-refractivity contribution < 1.29 is 13.9 Å². The zero-order valence-electron chi connectivity index (χ0n) is 17.7. The number of piperidine rings is 1. The van der Waals surface area contributed by atoms with Crippen molar-refractivity contribution in [3.8, 4) is 5.75 Å². The zero-order chi connectivity index (χ0) is 21.0. The molecule has 160 valence electrons. The van der Waals surface area contributed by atoms with E-state index < -0.39 is 5.54 Å². The summed E-state index contributed by atoms with van der Waals surface area (Å²) >= 11 is 0. The lowest BCUT2D eigenvalue weighted by atomic mass is 9.80. The van der Waals surface area contributed by atoms with E-state index in [0.29, 0.717) is 6.10 Å². The van der Waals surface area contributed by atoms with Crippen LogP contribution in [0, 0.1) is 5.82 Å². The Morgan fingerprint density at radius 1 is 1.13 bits per heavy atom. The van der Waals surface area contributed by atoms with Crippen molar-refractivity contribution in [2.75, 3.05) is 13.1 Å². The number of carbonyl (C=O) groups excluding carboxylic acids is 1. The van der Waals surface area contributed by atoms with Crippen LogP contribution >= 0.6 is 0 Å². The zero-order valence-corrected chi connectivity index (χ0v) is 17.7. The summed E-state index contributed by atoms with van der Waals surface area (Å²) in [6.07, 6.45) is 6.82. The standard InChI is InChI=1S/C25H31FN2O2/c1-19(29)27-25(21-9-11-22(26)12-10-21)13-15-28(16-14-25)18-20-5-4-8-24(17-20)30-23-6-2-3-7-23/h4-5,8-12,17,23H,2-3,6-7,13-16,18H2,1H3,(H,27,29). The number of nitrogens with one attached hydrogen (secondary N) is 1. The molecule has 0 atom stereocenters. The largest absolute Gasteiger partial charge is 0.490 e. The van der Waals surface area contributed by atoms with Gasteiger partial charge in [0, 0.05) is 26.6 Å². The minimum Gasteiger partial charge on any atom is -0.490 e. The first-order chi connectivity index (χ1) is 14.5. The molecule has 0 aromatic heterocycles. The van der Waals surface area contributed by atoms with Gasteiger partial charge in [0.1, 0.15) is 11.6 Å². The molecule has 1 heterocycles. The van der Waals surface area contributed by atoms with Crippen molar-refractivity contribution in [3.63, 3.8) is 0 Å². The Balaban J connectivity index is 1.40. The molecule has 1 saturated carbocycles. The first kappa shape index (κ1) is 20.9. The van der Waals surface area contributed by atoms with Gasteiger partial charge in [0.25, 0.3) is 0 Å². The van der Waals surface area contributed by atoms with Crippen molar-refractivity contribution in [1.82, 2.24) is 10.2 Å². The summed E-state index contributed by atoms with van der Waals surface area (Å²) in [4.78, 5) is 14.3. The van der Waals surface area contributed by atoms with Crippen molar-refractivity contribution in [2.45, 2.75) is 63.6 Å². The van der Waals surface area contributed by atoms with Gasteiger partial charge in [-0.25, -0.2) is 4.39 Å². The fraction of sp³-hybridized carbons (Fsp3) is 0.480. The van der Waals surface area contributed by atoms with E-state index in [1.54, 1.807) is 19.1 Å². The topological polar surface area (TPSA) is 41.6 Å². The van der Waals surface area contributed by atoms with Gasteiger partial charge in [-0.1, -0.05) is 24.3 Å². The lowest BCUT2D eigenvalue weighted by Gasteiger charge is -2.42. The summed E-state index contributed by atoms with van der Waals surface area (Å²) in [6.45, 7) is 4.14. The van der Waals surface area contributed by atoms with Crippen LogP contribution in [0.15, 0.2) is 48.5 Å². The third-order valence-electron chi connectivity index (χ3n) is 6.43. The van der Waals surface area contributed by atoms with Gasteiger partial charge in [-0.05, 0) is 73.9 Å². The predicted molar refractivity (Wildman–Crippen MR) is 116 cm³/mol. The summed E-state index contributed by atoms with van der Waals surface area (Å²) in [5, 5.41) is 3.16. The molecule has 0 spiro atoms. The number of likely N-dealkylation sites (tertiary alicyclic amines) is 1. The van der Waals surface area contributed by atoms with Crippen LogP contribution in [0.25, 0.3) is 0 Å². The van der Waals surface area contributed by atoms with E-state index in [0.717, 1.165) is 56.6 Å². The molecule has 4 rings (SSSR count). The molecule has 1 saturated heterocycles. The number of halogens is 1. The highest BCUT2D eigenvalue weighted by atomic mass is 19.1. The number of rotatable bonds is 6. The lowest BCUT2D eigenvalue weighted by molar-refractivity contribution is -0.121. The maximum Gasteiger partial charge on any atom is 0.217 e. The van der Waals surface area contributed by atoms with E-state index in [1.807, 2.05) is 6.07 Å². The Hall–Kier alpha value is -2.40. The van der Waals surface area contributed by atoms with E-state index in [9.17, 15) is 9.18 Å². The summed E-state index contributed by atoms with van der Waals surface area (Å²) in [7, 11) is 0. The first-order valence-corrected chi connectivity index (χ1v) is 11.1. The number of nitrogens with zero attached hydrogens (tertiary/aromatic N) is 1. The Morgan fingerprint density at radius 2 is 1.83 bits per heavy atom. The number of benzene rings is 2. The maximum absolute atomic E-state index is 13.4. The average Bonchev–Trinajstić information content (AvgIpc) is 3.23. The van der Waals surface area contributed by atoms with Crippen LogP contribution in [0.1, 0.15) is 56.6 Å². The quantitative estimate of drug-likeness (QED) is 0.746. The molecular weight excluding hydrogens is 379 g/mol.